The minimum Gasteiger partial charge on any atom is -0.383 e. The van der Waals surface area contributed by atoms with Gasteiger partial charge in [-0.15, -0.1) is 0 Å². The SMILES string of the molecule is CNC(COC)C(=O)NCC(=O)N[C@@H](CC(C)C)C(=O)C1(C)CO1. The first kappa shape index (κ1) is 20.5. The molecule has 2 amide bonds. The number of carbonyl (C=O) groups is 3. The summed E-state index contributed by atoms with van der Waals surface area (Å²) in [5.74, 6) is -0.618. The first-order valence-corrected chi connectivity index (χ1v) is 8.15. The molecule has 0 aliphatic carbocycles. The first-order valence-electron chi connectivity index (χ1n) is 8.15. The zero-order valence-corrected chi connectivity index (χ0v) is 15.1. The van der Waals surface area contributed by atoms with Crippen molar-refractivity contribution < 1.29 is 23.9 Å². The number of Topliss-reactive ketones (excluding diaryl/α,β-unsaturated/α-hetero) is 1. The van der Waals surface area contributed by atoms with E-state index in [1.807, 2.05) is 13.8 Å². The summed E-state index contributed by atoms with van der Waals surface area (Å²) in [5, 5.41) is 8.04. The minimum atomic E-state index is -0.786. The van der Waals surface area contributed by atoms with Crippen LogP contribution in [0.4, 0.5) is 0 Å². The summed E-state index contributed by atoms with van der Waals surface area (Å²) in [4.78, 5) is 36.4. The van der Waals surface area contributed by atoms with Gasteiger partial charge in [-0.05, 0) is 26.3 Å². The number of ether oxygens (including phenoxy) is 2. The molecule has 1 rings (SSSR count). The highest BCUT2D eigenvalue weighted by molar-refractivity contribution is 5.97. The number of epoxide rings is 1. The number of hydrogen-bond acceptors (Lipinski definition) is 6. The van der Waals surface area contributed by atoms with Gasteiger partial charge in [-0.1, -0.05) is 13.8 Å². The molecule has 1 fully saturated rings. The third-order valence-corrected chi connectivity index (χ3v) is 3.88. The number of likely N-dealkylation sites (N-methyl/N-ethyl adjacent to an activating group) is 1. The van der Waals surface area contributed by atoms with Gasteiger partial charge >= 0.3 is 0 Å². The molecule has 2 unspecified atom stereocenters. The molecule has 1 aliphatic rings. The van der Waals surface area contributed by atoms with E-state index in [9.17, 15) is 14.4 Å². The number of methoxy groups -OCH3 is 1. The van der Waals surface area contributed by atoms with Crippen LogP contribution in [0.2, 0.25) is 0 Å². The van der Waals surface area contributed by atoms with Crippen molar-refractivity contribution in [3.8, 4) is 0 Å². The molecule has 8 nitrogen and oxygen atoms in total. The number of nitrogens with one attached hydrogen (secondary N) is 3. The van der Waals surface area contributed by atoms with Crippen LogP contribution in [0.15, 0.2) is 0 Å². The van der Waals surface area contributed by atoms with Crippen LogP contribution in [-0.4, -0.2) is 69.2 Å². The van der Waals surface area contributed by atoms with E-state index in [0.29, 0.717) is 13.0 Å². The van der Waals surface area contributed by atoms with Crippen molar-refractivity contribution in [1.82, 2.24) is 16.0 Å². The number of ketones is 1. The Morgan fingerprint density at radius 1 is 1.25 bits per heavy atom. The van der Waals surface area contributed by atoms with Crippen molar-refractivity contribution in [2.24, 2.45) is 5.92 Å². The summed E-state index contributed by atoms with van der Waals surface area (Å²) in [6, 6.07) is -1.14. The predicted molar refractivity (Wildman–Crippen MR) is 88.5 cm³/mol. The van der Waals surface area contributed by atoms with E-state index >= 15 is 0 Å². The fourth-order valence-corrected chi connectivity index (χ4v) is 2.31. The fraction of sp³-hybridized carbons (Fsp3) is 0.812. The van der Waals surface area contributed by atoms with Crippen molar-refractivity contribution >= 4 is 17.6 Å². The van der Waals surface area contributed by atoms with E-state index in [2.05, 4.69) is 16.0 Å². The molecule has 8 heteroatoms. The van der Waals surface area contributed by atoms with Gasteiger partial charge in [0.05, 0.1) is 25.8 Å². The molecule has 1 aliphatic heterocycles. The van der Waals surface area contributed by atoms with Gasteiger partial charge in [-0.2, -0.15) is 0 Å². The third kappa shape index (κ3) is 6.18. The molecule has 0 saturated carbocycles. The quantitative estimate of drug-likeness (QED) is 0.425. The molecule has 24 heavy (non-hydrogen) atoms. The van der Waals surface area contributed by atoms with E-state index in [1.54, 1.807) is 14.0 Å². The number of carbonyl (C=O) groups excluding carboxylic acids is 3. The zero-order chi connectivity index (χ0) is 18.3. The van der Waals surface area contributed by atoms with Crippen LogP contribution in [-0.2, 0) is 23.9 Å². The zero-order valence-electron chi connectivity index (χ0n) is 15.1. The average molecular weight is 343 g/mol. The molecule has 0 aromatic rings. The number of amides is 2. The molecular weight excluding hydrogens is 314 g/mol. The second-order valence-electron chi connectivity index (χ2n) is 6.65. The molecule has 0 radical (unpaired) electrons. The van der Waals surface area contributed by atoms with Crippen LogP contribution in [0.25, 0.3) is 0 Å². The van der Waals surface area contributed by atoms with Gasteiger partial charge < -0.3 is 25.4 Å². The minimum absolute atomic E-state index is 0.122. The molecule has 0 bridgehead atoms. The van der Waals surface area contributed by atoms with Crippen molar-refractivity contribution in [3.63, 3.8) is 0 Å². The third-order valence-electron chi connectivity index (χ3n) is 3.88. The lowest BCUT2D eigenvalue weighted by molar-refractivity contribution is -0.131. The molecular formula is C16H29N3O5. The van der Waals surface area contributed by atoms with Gasteiger partial charge in [0.2, 0.25) is 11.8 Å². The summed E-state index contributed by atoms with van der Waals surface area (Å²) in [5.41, 5.74) is -0.786. The van der Waals surface area contributed by atoms with Crippen LogP contribution in [0, 0.1) is 5.92 Å². The Labute approximate surface area is 143 Å². The molecule has 3 atom stereocenters. The van der Waals surface area contributed by atoms with E-state index in [0.717, 1.165) is 0 Å². The highest BCUT2D eigenvalue weighted by Gasteiger charge is 2.50. The lowest BCUT2D eigenvalue weighted by Gasteiger charge is -2.22. The van der Waals surface area contributed by atoms with Crippen LogP contribution < -0.4 is 16.0 Å². The Morgan fingerprint density at radius 2 is 1.88 bits per heavy atom. The highest BCUT2D eigenvalue weighted by Crippen LogP contribution is 2.29. The summed E-state index contributed by atoms with van der Waals surface area (Å²) in [6.07, 6.45) is 0.528. The van der Waals surface area contributed by atoms with Crippen LogP contribution >= 0.6 is 0 Å². The number of rotatable bonds is 11. The lowest BCUT2D eigenvalue weighted by Crippen LogP contribution is -2.52. The molecule has 1 heterocycles. The van der Waals surface area contributed by atoms with Crippen LogP contribution in [0.5, 0.6) is 0 Å². The Hall–Kier alpha value is -1.51. The van der Waals surface area contributed by atoms with Gasteiger partial charge in [-0.25, -0.2) is 0 Å². The summed E-state index contributed by atoms with van der Waals surface area (Å²) >= 11 is 0. The molecule has 138 valence electrons. The normalized spacial score (nSPS) is 21.9. The van der Waals surface area contributed by atoms with Gasteiger partial charge in [-0.3, -0.25) is 14.4 Å². The van der Waals surface area contributed by atoms with Gasteiger partial charge in [0.25, 0.3) is 0 Å². The monoisotopic (exact) mass is 343 g/mol. The van der Waals surface area contributed by atoms with Gasteiger partial charge in [0, 0.05) is 7.11 Å². The first-order chi connectivity index (χ1) is 11.2. The summed E-state index contributed by atoms with van der Waals surface area (Å²) in [7, 11) is 3.13. The van der Waals surface area contributed by atoms with Crippen LogP contribution in [0.1, 0.15) is 27.2 Å². The Balaban J connectivity index is 2.52. The molecule has 0 spiro atoms. The maximum atomic E-state index is 12.4. The lowest BCUT2D eigenvalue weighted by atomic mass is 9.93. The van der Waals surface area contributed by atoms with Crippen LogP contribution in [0.3, 0.4) is 0 Å². The van der Waals surface area contributed by atoms with E-state index in [-0.39, 0.29) is 30.8 Å². The largest absolute Gasteiger partial charge is 0.383 e. The Morgan fingerprint density at radius 3 is 2.33 bits per heavy atom. The topological polar surface area (TPSA) is 109 Å². The standard InChI is InChI=1S/C16H29N3O5/c1-10(2)6-11(14(21)16(3)9-24-16)19-13(20)7-18-15(22)12(17-4)8-23-5/h10-12,17H,6-9H2,1-5H3,(H,18,22)(H,19,20)/t11-,12?,16?/m0/s1. The Bertz CT molecular complexity index is 463. The molecule has 1 saturated heterocycles. The summed E-state index contributed by atoms with van der Waals surface area (Å²) in [6.45, 7) is 6.07. The van der Waals surface area contributed by atoms with Crippen molar-refractivity contribution in [1.29, 1.82) is 0 Å². The predicted octanol–water partition coefficient (Wildman–Crippen LogP) is -0.774. The molecule has 0 aromatic heterocycles. The average Bonchev–Trinajstić information content (AvgIpc) is 3.27. The highest BCUT2D eigenvalue weighted by atomic mass is 16.6. The Kier molecular flexibility index (Phi) is 7.78. The van der Waals surface area contributed by atoms with Crippen molar-refractivity contribution in [2.75, 3.05) is 33.9 Å². The van der Waals surface area contributed by atoms with Crippen molar-refractivity contribution in [3.05, 3.63) is 0 Å². The smallest absolute Gasteiger partial charge is 0.239 e. The van der Waals surface area contributed by atoms with Gasteiger partial charge in [0.15, 0.2) is 5.78 Å². The van der Waals surface area contributed by atoms with Gasteiger partial charge in [0.1, 0.15) is 11.6 Å². The molecule has 0 aromatic carbocycles. The summed E-state index contributed by atoms with van der Waals surface area (Å²) < 4.78 is 10.1. The number of hydrogen-bond donors (Lipinski definition) is 3. The van der Waals surface area contributed by atoms with E-state index < -0.39 is 23.6 Å². The van der Waals surface area contributed by atoms with E-state index in [1.165, 1.54) is 7.11 Å². The fourth-order valence-electron chi connectivity index (χ4n) is 2.31. The maximum Gasteiger partial charge on any atom is 0.239 e. The van der Waals surface area contributed by atoms with Crippen molar-refractivity contribution in [2.45, 2.75) is 44.9 Å². The maximum absolute atomic E-state index is 12.4. The van der Waals surface area contributed by atoms with E-state index in [4.69, 9.17) is 9.47 Å². The molecule has 3 N–H and O–H groups in total. The second kappa shape index (κ2) is 9.10. The second-order valence-corrected chi connectivity index (χ2v) is 6.65.